The number of hydrogen-bond acceptors (Lipinski definition) is 1. The first-order chi connectivity index (χ1) is 8.22. The van der Waals surface area contributed by atoms with Crippen molar-refractivity contribution in [1.82, 2.24) is 0 Å². The van der Waals surface area contributed by atoms with Crippen molar-refractivity contribution in [2.24, 2.45) is 0 Å². The minimum Gasteiger partial charge on any atom is -0.378 e. The van der Waals surface area contributed by atoms with Gasteiger partial charge >= 0.3 is 0 Å². The fourth-order valence-electron chi connectivity index (χ4n) is 2.23. The van der Waals surface area contributed by atoms with Crippen LogP contribution in [0, 0.1) is 5.82 Å². The molecular weight excluding hydrogens is 237 g/mol. The average Bonchev–Trinajstić information content (AvgIpc) is 2.72. The van der Waals surface area contributed by atoms with Gasteiger partial charge in [0.25, 0.3) is 0 Å². The molecule has 0 aromatic heterocycles. The van der Waals surface area contributed by atoms with Crippen LogP contribution >= 0.6 is 11.6 Å². The molecule has 0 amide bonds. The topological polar surface area (TPSA) is 12.0 Å². The summed E-state index contributed by atoms with van der Waals surface area (Å²) in [7, 11) is 0. The second-order valence-corrected chi connectivity index (χ2v) is 4.69. The van der Waals surface area contributed by atoms with Gasteiger partial charge in [-0.25, -0.2) is 4.39 Å². The lowest BCUT2D eigenvalue weighted by Crippen LogP contribution is -2.04. The summed E-state index contributed by atoms with van der Waals surface area (Å²) in [6.07, 6.45) is 0.814. The van der Waals surface area contributed by atoms with Crippen LogP contribution in [0.5, 0.6) is 0 Å². The molecule has 0 bridgehead atoms. The van der Waals surface area contributed by atoms with Crippen LogP contribution in [0.2, 0.25) is 5.02 Å². The molecule has 1 aliphatic rings. The smallest absolute Gasteiger partial charge is 0.123 e. The number of rotatable bonds is 1. The molecule has 3 rings (SSSR count). The van der Waals surface area contributed by atoms with Crippen molar-refractivity contribution in [3.8, 4) is 0 Å². The molecule has 1 nitrogen and oxygen atoms in total. The van der Waals surface area contributed by atoms with Crippen molar-refractivity contribution in [3.63, 3.8) is 0 Å². The van der Waals surface area contributed by atoms with E-state index in [2.05, 4.69) is 5.32 Å². The van der Waals surface area contributed by atoms with E-state index in [1.807, 2.05) is 24.3 Å². The summed E-state index contributed by atoms with van der Waals surface area (Å²) in [5.41, 5.74) is 3.22. The Bertz CT molecular complexity index is 551. The second-order valence-electron chi connectivity index (χ2n) is 4.25. The van der Waals surface area contributed by atoms with Gasteiger partial charge in [-0.15, -0.1) is 0 Å². The van der Waals surface area contributed by atoms with Gasteiger partial charge in [-0.1, -0.05) is 23.7 Å². The summed E-state index contributed by atoms with van der Waals surface area (Å²) < 4.78 is 13.1. The van der Waals surface area contributed by atoms with E-state index < -0.39 is 0 Å². The predicted octanol–water partition coefficient (Wildman–Crippen LogP) is 4.19. The monoisotopic (exact) mass is 247 g/mol. The fraction of sp³-hybridized carbons (Fsp3) is 0.143. The van der Waals surface area contributed by atoms with Crippen LogP contribution in [0.3, 0.4) is 0 Å². The quantitative estimate of drug-likeness (QED) is 0.797. The maximum atomic E-state index is 13.1. The molecule has 0 spiro atoms. The third-order valence-corrected chi connectivity index (χ3v) is 3.35. The highest BCUT2D eigenvalue weighted by Crippen LogP contribution is 2.34. The van der Waals surface area contributed by atoms with Crippen molar-refractivity contribution in [1.29, 1.82) is 0 Å². The van der Waals surface area contributed by atoms with E-state index in [-0.39, 0.29) is 11.9 Å². The largest absolute Gasteiger partial charge is 0.378 e. The summed E-state index contributed by atoms with van der Waals surface area (Å²) in [6.45, 7) is 0. The Balaban J connectivity index is 1.88. The lowest BCUT2D eigenvalue weighted by molar-refractivity contribution is 0.626. The number of halogens is 2. The number of hydrogen-bond donors (Lipinski definition) is 1. The molecule has 0 radical (unpaired) electrons. The van der Waals surface area contributed by atoms with Crippen LogP contribution in [0.1, 0.15) is 17.2 Å². The van der Waals surface area contributed by atoms with E-state index in [4.69, 9.17) is 11.6 Å². The van der Waals surface area contributed by atoms with Crippen molar-refractivity contribution in [3.05, 3.63) is 64.4 Å². The first kappa shape index (κ1) is 10.6. The average molecular weight is 248 g/mol. The second kappa shape index (κ2) is 4.04. The predicted molar refractivity (Wildman–Crippen MR) is 67.9 cm³/mol. The number of anilines is 1. The molecule has 0 aliphatic carbocycles. The van der Waals surface area contributed by atoms with Crippen molar-refractivity contribution >= 4 is 17.3 Å². The van der Waals surface area contributed by atoms with E-state index in [0.717, 1.165) is 22.7 Å². The number of fused-ring (bicyclic) bond motifs is 1. The van der Waals surface area contributed by atoms with Gasteiger partial charge in [0, 0.05) is 10.7 Å². The maximum Gasteiger partial charge on any atom is 0.123 e. The third kappa shape index (κ3) is 2.01. The van der Waals surface area contributed by atoms with Crippen molar-refractivity contribution in [2.75, 3.05) is 5.32 Å². The summed E-state index contributed by atoms with van der Waals surface area (Å²) in [5.74, 6) is -0.178. The molecule has 1 unspecified atom stereocenters. The van der Waals surface area contributed by atoms with Crippen LogP contribution in [-0.4, -0.2) is 0 Å². The molecule has 1 aliphatic heterocycles. The Kier molecular flexibility index (Phi) is 2.52. The maximum absolute atomic E-state index is 13.1. The Morgan fingerprint density at radius 2 is 1.88 bits per heavy atom. The molecule has 3 heteroatoms. The first-order valence-corrected chi connectivity index (χ1v) is 5.90. The Morgan fingerprint density at radius 3 is 2.65 bits per heavy atom. The van der Waals surface area contributed by atoms with Gasteiger partial charge in [0.15, 0.2) is 0 Å². The molecule has 2 aromatic carbocycles. The molecule has 86 valence electrons. The lowest BCUT2D eigenvalue weighted by Gasteiger charge is -2.11. The Morgan fingerprint density at radius 1 is 1.12 bits per heavy atom. The summed E-state index contributed by atoms with van der Waals surface area (Å²) in [4.78, 5) is 0. The van der Waals surface area contributed by atoms with E-state index in [1.165, 1.54) is 11.6 Å². The van der Waals surface area contributed by atoms with Crippen molar-refractivity contribution < 1.29 is 4.39 Å². The summed E-state index contributed by atoms with van der Waals surface area (Å²) in [5, 5.41) is 4.12. The van der Waals surface area contributed by atoms with E-state index >= 15 is 0 Å². The zero-order chi connectivity index (χ0) is 11.8. The molecule has 0 saturated carbocycles. The highest BCUT2D eigenvalue weighted by Gasteiger charge is 2.21. The molecule has 17 heavy (non-hydrogen) atoms. The Labute approximate surface area is 104 Å². The van der Waals surface area contributed by atoms with Crippen LogP contribution < -0.4 is 5.32 Å². The van der Waals surface area contributed by atoms with Gasteiger partial charge in [-0.05, 0) is 47.9 Å². The van der Waals surface area contributed by atoms with Gasteiger partial charge in [-0.3, -0.25) is 0 Å². The normalized spacial score (nSPS) is 17.6. The molecule has 0 saturated heterocycles. The van der Waals surface area contributed by atoms with Gasteiger partial charge in [0.1, 0.15) is 5.82 Å². The lowest BCUT2D eigenvalue weighted by atomic mass is 10.0. The Hall–Kier alpha value is -1.54. The molecular formula is C14H11ClFN. The molecule has 0 fully saturated rings. The van der Waals surface area contributed by atoms with Crippen molar-refractivity contribution in [2.45, 2.75) is 12.5 Å². The highest BCUT2D eigenvalue weighted by molar-refractivity contribution is 6.30. The highest BCUT2D eigenvalue weighted by atomic mass is 35.5. The molecule has 2 aromatic rings. The molecule has 1 atom stereocenters. The van der Waals surface area contributed by atoms with E-state index in [0.29, 0.717) is 0 Å². The molecule has 1 heterocycles. The van der Waals surface area contributed by atoms with Gasteiger partial charge in [0.05, 0.1) is 6.04 Å². The summed E-state index contributed by atoms with van der Waals surface area (Å²) in [6, 6.07) is 12.8. The minimum atomic E-state index is -0.178. The fourth-order valence-corrected chi connectivity index (χ4v) is 2.35. The number of nitrogens with one attached hydrogen (secondary N) is 1. The zero-order valence-electron chi connectivity index (χ0n) is 9.08. The van der Waals surface area contributed by atoms with Crippen LogP contribution in [0.15, 0.2) is 42.5 Å². The standard InChI is InChI=1S/C14H11ClFN/c15-11-3-1-9(2-4-11)14-8-10-7-12(16)5-6-13(10)17-14/h1-7,14,17H,8H2. The van der Waals surface area contributed by atoms with Gasteiger partial charge in [-0.2, -0.15) is 0 Å². The third-order valence-electron chi connectivity index (χ3n) is 3.09. The number of benzene rings is 2. The first-order valence-electron chi connectivity index (χ1n) is 5.53. The zero-order valence-corrected chi connectivity index (χ0v) is 9.84. The SMILES string of the molecule is Fc1ccc2c(c1)CC(c1ccc(Cl)cc1)N2. The molecule has 1 N–H and O–H groups in total. The van der Waals surface area contributed by atoms with Crippen LogP contribution in [0.25, 0.3) is 0 Å². The van der Waals surface area contributed by atoms with Gasteiger partial charge in [0.2, 0.25) is 0 Å². The van der Waals surface area contributed by atoms with E-state index in [1.54, 1.807) is 12.1 Å². The van der Waals surface area contributed by atoms with Gasteiger partial charge < -0.3 is 5.32 Å². The minimum absolute atomic E-state index is 0.178. The van der Waals surface area contributed by atoms with E-state index in [9.17, 15) is 4.39 Å². The van der Waals surface area contributed by atoms with Crippen LogP contribution in [0.4, 0.5) is 10.1 Å². The summed E-state index contributed by atoms with van der Waals surface area (Å²) >= 11 is 5.86. The van der Waals surface area contributed by atoms with Crippen LogP contribution in [-0.2, 0) is 6.42 Å².